The van der Waals surface area contributed by atoms with Crippen LogP contribution in [0.3, 0.4) is 0 Å². The molecule has 0 aliphatic rings. The summed E-state index contributed by atoms with van der Waals surface area (Å²) in [7, 11) is -2.07. The molecule has 0 fully saturated rings. The van der Waals surface area contributed by atoms with Gasteiger partial charge in [-0.15, -0.1) is 0 Å². The SMILES string of the molecule is COc1ccccc1CNC(=O)CN(c1ccc(Cl)cc1)S(C)(=O)=O. The number of nitrogens with one attached hydrogen (secondary N) is 1. The van der Waals surface area contributed by atoms with Gasteiger partial charge in [-0.25, -0.2) is 8.42 Å². The van der Waals surface area contributed by atoms with E-state index < -0.39 is 15.9 Å². The second-order valence-electron chi connectivity index (χ2n) is 5.33. The molecule has 0 aromatic heterocycles. The van der Waals surface area contributed by atoms with E-state index >= 15 is 0 Å². The summed E-state index contributed by atoms with van der Waals surface area (Å²) in [5, 5.41) is 3.19. The summed E-state index contributed by atoms with van der Waals surface area (Å²) in [6.45, 7) is -0.0866. The number of amides is 1. The lowest BCUT2D eigenvalue weighted by molar-refractivity contribution is -0.119. The van der Waals surface area contributed by atoms with Crippen LogP contribution in [0.15, 0.2) is 48.5 Å². The van der Waals surface area contributed by atoms with Crippen LogP contribution in [0, 0.1) is 0 Å². The first-order valence-corrected chi connectivity index (χ1v) is 9.66. The Bertz CT molecular complexity index is 838. The fourth-order valence-corrected chi connectivity index (χ4v) is 3.22. The van der Waals surface area contributed by atoms with Crippen LogP contribution in [-0.4, -0.2) is 34.2 Å². The molecule has 0 saturated carbocycles. The van der Waals surface area contributed by atoms with Crippen molar-refractivity contribution in [3.8, 4) is 5.75 Å². The largest absolute Gasteiger partial charge is 0.496 e. The molecule has 2 rings (SSSR count). The number of sulfonamides is 1. The van der Waals surface area contributed by atoms with Gasteiger partial charge in [0.05, 0.1) is 19.1 Å². The minimum absolute atomic E-state index is 0.237. The normalized spacial score (nSPS) is 11.0. The van der Waals surface area contributed by atoms with Crippen molar-refractivity contribution in [2.24, 2.45) is 0 Å². The van der Waals surface area contributed by atoms with Crippen LogP contribution in [0.4, 0.5) is 5.69 Å². The van der Waals surface area contributed by atoms with Crippen LogP contribution < -0.4 is 14.4 Å². The zero-order chi connectivity index (χ0) is 18.4. The summed E-state index contributed by atoms with van der Waals surface area (Å²) in [4.78, 5) is 12.2. The van der Waals surface area contributed by atoms with E-state index in [9.17, 15) is 13.2 Å². The van der Waals surface area contributed by atoms with Crippen molar-refractivity contribution >= 4 is 33.2 Å². The molecule has 134 valence electrons. The molecule has 1 N–H and O–H groups in total. The topological polar surface area (TPSA) is 75.7 Å². The first kappa shape index (κ1) is 19.1. The maximum Gasteiger partial charge on any atom is 0.241 e. The van der Waals surface area contributed by atoms with Crippen molar-refractivity contribution in [1.82, 2.24) is 5.32 Å². The third-order valence-electron chi connectivity index (χ3n) is 3.47. The number of hydrogen-bond donors (Lipinski definition) is 1. The van der Waals surface area contributed by atoms with Gasteiger partial charge in [0.1, 0.15) is 12.3 Å². The highest BCUT2D eigenvalue weighted by molar-refractivity contribution is 7.92. The highest BCUT2D eigenvalue weighted by Gasteiger charge is 2.20. The molecule has 0 unspecified atom stereocenters. The molecule has 1 amide bonds. The second kappa shape index (κ2) is 8.22. The summed E-state index contributed by atoms with van der Waals surface area (Å²) in [6, 6.07) is 13.5. The summed E-state index contributed by atoms with van der Waals surface area (Å²) in [5.41, 5.74) is 1.18. The van der Waals surface area contributed by atoms with Crippen molar-refractivity contribution in [2.75, 3.05) is 24.2 Å². The number of methoxy groups -OCH3 is 1. The Kier molecular flexibility index (Phi) is 6.27. The predicted molar refractivity (Wildman–Crippen MR) is 98.5 cm³/mol. The van der Waals surface area contributed by atoms with Gasteiger partial charge in [0.15, 0.2) is 0 Å². The fraction of sp³-hybridized carbons (Fsp3) is 0.235. The Labute approximate surface area is 152 Å². The molecule has 0 saturated heterocycles. The molecule has 0 aliphatic carbocycles. The van der Waals surface area contributed by atoms with Crippen LogP contribution in [0.5, 0.6) is 5.75 Å². The highest BCUT2D eigenvalue weighted by atomic mass is 35.5. The van der Waals surface area contributed by atoms with Crippen molar-refractivity contribution in [3.05, 3.63) is 59.1 Å². The number of benzene rings is 2. The number of anilines is 1. The monoisotopic (exact) mass is 382 g/mol. The zero-order valence-electron chi connectivity index (χ0n) is 13.9. The second-order valence-corrected chi connectivity index (χ2v) is 7.68. The lowest BCUT2D eigenvalue weighted by atomic mass is 10.2. The Morgan fingerprint density at radius 1 is 1.16 bits per heavy atom. The zero-order valence-corrected chi connectivity index (χ0v) is 15.5. The number of nitrogens with zero attached hydrogens (tertiary/aromatic N) is 1. The summed E-state index contributed by atoms with van der Waals surface area (Å²) < 4.78 is 30.3. The number of carbonyl (C=O) groups excluding carboxylic acids is 1. The number of para-hydroxylation sites is 1. The van der Waals surface area contributed by atoms with E-state index in [1.165, 1.54) is 0 Å². The van der Waals surface area contributed by atoms with Gasteiger partial charge in [-0.1, -0.05) is 29.8 Å². The van der Waals surface area contributed by atoms with Crippen molar-refractivity contribution in [1.29, 1.82) is 0 Å². The maximum atomic E-state index is 12.2. The van der Waals surface area contributed by atoms with Gasteiger partial charge in [-0.3, -0.25) is 9.10 Å². The Hall–Kier alpha value is -2.25. The molecule has 2 aromatic rings. The molecular weight excluding hydrogens is 364 g/mol. The average molecular weight is 383 g/mol. The number of hydrogen-bond acceptors (Lipinski definition) is 4. The van der Waals surface area contributed by atoms with Crippen molar-refractivity contribution < 1.29 is 17.9 Å². The average Bonchev–Trinajstić information content (AvgIpc) is 2.58. The van der Waals surface area contributed by atoms with Gasteiger partial charge >= 0.3 is 0 Å². The first-order chi connectivity index (χ1) is 11.8. The molecule has 0 aliphatic heterocycles. The van der Waals surface area contributed by atoms with Crippen LogP contribution in [0.2, 0.25) is 5.02 Å². The van der Waals surface area contributed by atoms with Crippen LogP contribution >= 0.6 is 11.6 Å². The molecule has 0 heterocycles. The number of ether oxygens (including phenoxy) is 1. The van der Waals surface area contributed by atoms with Gasteiger partial charge in [-0.2, -0.15) is 0 Å². The Morgan fingerprint density at radius 3 is 2.40 bits per heavy atom. The highest BCUT2D eigenvalue weighted by Crippen LogP contribution is 2.20. The summed E-state index contributed by atoms with van der Waals surface area (Å²) >= 11 is 5.82. The molecule has 0 bridgehead atoms. The quantitative estimate of drug-likeness (QED) is 0.798. The third kappa shape index (κ3) is 5.37. The van der Waals surface area contributed by atoms with E-state index in [2.05, 4.69) is 5.32 Å². The molecule has 25 heavy (non-hydrogen) atoms. The molecule has 6 nitrogen and oxygen atoms in total. The van der Waals surface area contributed by atoms with Crippen molar-refractivity contribution in [2.45, 2.75) is 6.54 Å². The van der Waals surface area contributed by atoms with E-state index in [-0.39, 0.29) is 13.1 Å². The van der Waals surface area contributed by atoms with Crippen LogP contribution in [0.25, 0.3) is 0 Å². The first-order valence-electron chi connectivity index (χ1n) is 7.43. The number of rotatable bonds is 7. The molecule has 0 radical (unpaired) electrons. The number of halogens is 1. The smallest absolute Gasteiger partial charge is 0.241 e. The lowest BCUT2D eigenvalue weighted by Crippen LogP contribution is -2.40. The van der Waals surface area contributed by atoms with Gasteiger partial charge in [0, 0.05) is 17.1 Å². The molecule has 2 aromatic carbocycles. The van der Waals surface area contributed by atoms with E-state index in [1.54, 1.807) is 37.4 Å². The molecule has 0 atom stereocenters. The van der Waals surface area contributed by atoms with E-state index in [0.29, 0.717) is 16.5 Å². The Balaban J connectivity index is 2.08. The van der Waals surface area contributed by atoms with Crippen LogP contribution in [-0.2, 0) is 21.4 Å². The Morgan fingerprint density at radius 2 is 1.80 bits per heavy atom. The summed E-state index contributed by atoms with van der Waals surface area (Å²) in [6.07, 6.45) is 1.05. The van der Waals surface area contributed by atoms with Gasteiger partial charge in [-0.05, 0) is 30.3 Å². The van der Waals surface area contributed by atoms with E-state index in [1.807, 2.05) is 18.2 Å². The maximum absolute atomic E-state index is 12.2. The van der Waals surface area contributed by atoms with Gasteiger partial charge in [0.25, 0.3) is 0 Å². The van der Waals surface area contributed by atoms with E-state index in [4.69, 9.17) is 16.3 Å². The van der Waals surface area contributed by atoms with Gasteiger partial charge in [0.2, 0.25) is 15.9 Å². The standard InChI is InChI=1S/C17H19ClN2O4S/c1-24-16-6-4-3-5-13(16)11-19-17(21)12-20(25(2,22)23)15-9-7-14(18)8-10-15/h3-10H,11-12H2,1-2H3,(H,19,21). The minimum atomic E-state index is -3.62. The van der Waals surface area contributed by atoms with Crippen molar-refractivity contribution in [3.63, 3.8) is 0 Å². The number of carbonyl (C=O) groups is 1. The summed E-state index contributed by atoms with van der Waals surface area (Å²) in [5.74, 6) is 0.228. The third-order valence-corrected chi connectivity index (χ3v) is 4.86. The fourth-order valence-electron chi connectivity index (χ4n) is 2.24. The van der Waals surface area contributed by atoms with E-state index in [0.717, 1.165) is 16.1 Å². The minimum Gasteiger partial charge on any atom is -0.496 e. The molecule has 0 spiro atoms. The molecular formula is C17H19ClN2O4S. The molecule has 8 heteroatoms. The van der Waals surface area contributed by atoms with Crippen LogP contribution in [0.1, 0.15) is 5.56 Å². The lowest BCUT2D eigenvalue weighted by Gasteiger charge is -2.22. The predicted octanol–water partition coefficient (Wildman–Crippen LogP) is 2.43. The van der Waals surface area contributed by atoms with Gasteiger partial charge < -0.3 is 10.1 Å².